The van der Waals surface area contributed by atoms with Gasteiger partial charge in [-0.2, -0.15) is 0 Å². The van der Waals surface area contributed by atoms with Crippen molar-refractivity contribution in [2.75, 3.05) is 12.4 Å². The number of carbonyl (C=O) groups is 1. The molecule has 6 heteroatoms. The molecule has 2 rings (SSSR count). The number of hydrogen-bond acceptors (Lipinski definition) is 3. The second-order valence-electron chi connectivity index (χ2n) is 5.39. The monoisotopic (exact) mass is 346 g/mol. The van der Waals surface area contributed by atoms with Crippen LogP contribution >= 0.6 is 12.2 Å². The number of carbonyl (C=O) groups excluding carboxylic acids is 1. The first kappa shape index (κ1) is 17.9. The zero-order valence-electron chi connectivity index (χ0n) is 13.7. The molecule has 2 aromatic carbocycles. The van der Waals surface area contributed by atoms with Gasteiger partial charge in [-0.15, -0.1) is 0 Å². The number of benzene rings is 2. The van der Waals surface area contributed by atoms with Crippen molar-refractivity contribution in [1.82, 2.24) is 5.32 Å². The van der Waals surface area contributed by atoms with E-state index >= 15 is 0 Å². The molecule has 2 aromatic rings. The van der Waals surface area contributed by atoms with Gasteiger partial charge in [0.1, 0.15) is 5.82 Å². The quantitative estimate of drug-likeness (QED) is 0.648. The zero-order valence-corrected chi connectivity index (χ0v) is 14.5. The minimum Gasteiger partial charge on any atom is -0.465 e. The van der Waals surface area contributed by atoms with Gasteiger partial charge in [-0.05, 0) is 61.5 Å². The summed E-state index contributed by atoms with van der Waals surface area (Å²) in [6.07, 6.45) is 0. The highest BCUT2D eigenvalue weighted by atomic mass is 32.1. The lowest BCUT2D eigenvalue weighted by atomic mass is 10.1. The molecule has 0 radical (unpaired) electrons. The summed E-state index contributed by atoms with van der Waals surface area (Å²) in [4.78, 5) is 11.6. The summed E-state index contributed by atoms with van der Waals surface area (Å²) in [5.41, 5.74) is 3.03. The molecule has 1 atom stereocenters. The Hall–Kier alpha value is -2.47. The van der Waals surface area contributed by atoms with E-state index < -0.39 is 5.97 Å². The molecule has 126 valence electrons. The largest absolute Gasteiger partial charge is 0.465 e. The van der Waals surface area contributed by atoms with Crippen molar-refractivity contribution in [1.29, 1.82) is 0 Å². The number of ether oxygens (including phenoxy) is 1. The fourth-order valence-corrected chi connectivity index (χ4v) is 2.48. The summed E-state index contributed by atoms with van der Waals surface area (Å²) in [5.74, 6) is -0.682. The first-order chi connectivity index (χ1) is 11.4. The normalized spacial score (nSPS) is 11.5. The van der Waals surface area contributed by atoms with Crippen molar-refractivity contribution >= 4 is 29.0 Å². The van der Waals surface area contributed by atoms with Crippen LogP contribution in [0.5, 0.6) is 0 Å². The molecule has 0 aliphatic carbocycles. The number of aryl methyl sites for hydroxylation is 1. The molecule has 0 aromatic heterocycles. The van der Waals surface area contributed by atoms with Crippen LogP contribution in [0, 0.1) is 12.7 Å². The summed E-state index contributed by atoms with van der Waals surface area (Å²) in [5, 5.41) is 6.63. The number of halogens is 1. The Morgan fingerprint density at radius 2 is 1.88 bits per heavy atom. The molecule has 0 unspecified atom stereocenters. The second kappa shape index (κ2) is 7.88. The van der Waals surface area contributed by atoms with Gasteiger partial charge in [-0.3, -0.25) is 0 Å². The standard InChI is InChI=1S/C18H19FN2O2S/c1-11-4-5-14(17(22)23-3)10-16(11)21-18(24)20-12(2)13-6-8-15(19)9-7-13/h4-10,12H,1-3H3,(H2,20,21,24)/t12-/m0/s1. The highest BCUT2D eigenvalue weighted by Crippen LogP contribution is 2.18. The van der Waals surface area contributed by atoms with Crippen LogP contribution in [-0.4, -0.2) is 18.2 Å². The molecule has 0 aliphatic heterocycles. The van der Waals surface area contributed by atoms with Crippen molar-refractivity contribution in [3.63, 3.8) is 0 Å². The van der Waals surface area contributed by atoms with Crippen LogP contribution in [0.4, 0.5) is 10.1 Å². The Morgan fingerprint density at radius 1 is 1.21 bits per heavy atom. The van der Waals surface area contributed by atoms with Crippen molar-refractivity contribution < 1.29 is 13.9 Å². The zero-order chi connectivity index (χ0) is 17.7. The van der Waals surface area contributed by atoms with Crippen LogP contribution in [0.15, 0.2) is 42.5 Å². The smallest absolute Gasteiger partial charge is 0.337 e. The number of methoxy groups -OCH3 is 1. The van der Waals surface area contributed by atoms with Gasteiger partial charge in [-0.25, -0.2) is 9.18 Å². The summed E-state index contributed by atoms with van der Waals surface area (Å²) in [7, 11) is 1.34. The van der Waals surface area contributed by atoms with Gasteiger partial charge >= 0.3 is 5.97 Å². The fraction of sp³-hybridized carbons (Fsp3) is 0.222. The Balaban J connectivity index is 2.06. The third kappa shape index (κ3) is 4.52. The van der Waals surface area contributed by atoms with Crippen LogP contribution in [0.3, 0.4) is 0 Å². The summed E-state index contributed by atoms with van der Waals surface area (Å²) >= 11 is 5.32. The predicted molar refractivity (Wildman–Crippen MR) is 96.7 cm³/mol. The molecule has 0 aliphatic rings. The highest BCUT2D eigenvalue weighted by Gasteiger charge is 2.11. The molecule has 0 spiro atoms. The van der Waals surface area contributed by atoms with Gasteiger partial charge in [0.05, 0.1) is 18.7 Å². The highest BCUT2D eigenvalue weighted by molar-refractivity contribution is 7.80. The van der Waals surface area contributed by atoms with Crippen LogP contribution in [0.2, 0.25) is 0 Å². The van der Waals surface area contributed by atoms with E-state index in [-0.39, 0.29) is 11.9 Å². The third-order valence-electron chi connectivity index (χ3n) is 3.62. The Bertz CT molecular complexity index is 747. The SMILES string of the molecule is COC(=O)c1ccc(C)c(NC(=S)N[C@@H](C)c2ccc(F)cc2)c1. The van der Waals surface area contributed by atoms with Gasteiger partial charge in [0.15, 0.2) is 5.11 Å². The van der Waals surface area contributed by atoms with Crippen LogP contribution in [-0.2, 0) is 4.74 Å². The van der Waals surface area contributed by atoms with E-state index in [1.807, 2.05) is 19.9 Å². The van der Waals surface area contributed by atoms with Crippen molar-refractivity contribution in [2.45, 2.75) is 19.9 Å². The predicted octanol–water partition coefficient (Wildman–Crippen LogP) is 3.97. The van der Waals surface area contributed by atoms with Crippen LogP contribution < -0.4 is 10.6 Å². The van der Waals surface area contributed by atoms with Crippen LogP contribution in [0.25, 0.3) is 0 Å². The molecule has 2 N–H and O–H groups in total. The first-order valence-corrected chi connectivity index (χ1v) is 7.83. The molecule has 0 heterocycles. The maximum atomic E-state index is 13.0. The molecule has 0 fully saturated rings. The maximum Gasteiger partial charge on any atom is 0.337 e. The van der Waals surface area contributed by atoms with E-state index in [2.05, 4.69) is 10.6 Å². The minimum atomic E-state index is -0.406. The number of rotatable bonds is 4. The maximum absolute atomic E-state index is 13.0. The average Bonchev–Trinajstić information content (AvgIpc) is 2.56. The van der Waals surface area contributed by atoms with Gasteiger partial charge in [-0.1, -0.05) is 18.2 Å². The van der Waals surface area contributed by atoms with Crippen molar-refractivity contribution in [3.05, 3.63) is 65.0 Å². The number of hydrogen-bond donors (Lipinski definition) is 2. The molecule has 24 heavy (non-hydrogen) atoms. The number of thiocarbonyl (C=S) groups is 1. The molecule has 0 bridgehead atoms. The van der Waals surface area contributed by atoms with Gasteiger partial charge in [0.25, 0.3) is 0 Å². The van der Waals surface area contributed by atoms with Crippen molar-refractivity contribution in [3.8, 4) is 0 Å². The van der Waals surface area contributed by atoms with Crippen molar-refractivity contribution in [2.24, 2.45) is 0 Å². The number of esters is 1. The molecular weight excluding hydrogens is 327 g/mol. The van der Waals surface area contributed by atoms with Gasteiger partial charge in [0.2, 0.25) is 0 Å². The van der Waals surface area contributed by atoms with E-state index in [0.717, 1.165) is 16.8 Å². The summed E-state index contributed by atoms with van der Waals surface area (Å²) in [6, 6.07) is 11.4. The lowest BCUT2D eigenvalue weighted by Crippen LogP contribution is -2.31. The molecular formula is C18H19FN2O2S. The van der Waals surface area contributed by atoms with E-state index in [1.54, 1.807) is 24.3 Å². The number of nitrogens with one attached hydrogen (secondary N) is 2. The third-order valence-corrected chi connectivity index (χ3v) is 3.84. The van der Waals surface area contributed by atoms with E-state index in [1.165, 1.54) is 19.2 Å². The molecule has 0 saturated heterocycles. The Kier molecular flexibility index (Phi) is 5.87. The topological polar surface area (TPSA) is 50.4 Å². The first-order valence-electron chi connectivity index (χ1n) is 7.42. The lowest BCUT2D eigenvalue weighted by molar-refractivity contribution is 0.0601. The Morgan fingerprint density at radius 3 is 2.50 bits per heavy atom. The van der Waals surface area contributed by atoms with E-state index in [4.69, 9.17) is 17.0 Å². The lowest BCUT2D eigenvalue weighted by Gasteiger charge is -2.18. The average molecular weight is 346 g/mol. The molecule has 0 amide bonds. The summed E-state index contributed by atoms with van der Waals surface area (Å²) < 4.78 is 17.7. The van der Waals surface area contributed by atoms with Crippen LogP contribution in [0.1, 0.15) is 34.5 Å². The van der Waals surface area contributed by atoms with Gasteiger partial charge in [0, 0.05) is 5.69 Å². The molecule has 4 nitrogen and oxygen atoms in total. The fourth-order valence-electron chi connectivity index (χ4n) is 2.19. The number of anilines is 1. The summed E-state index contributed by atoms with van der Waals surface area (Å²) in [6.45, 7) is 3.84. The van der Waals surface area contributed by atoms with Gasteiger partial charge < -0.3 is 15.4 Å². The Labute approximate surface area is 146 Å². The van der Waals surface area contributed by atoms with E-state index in [0.29, 0.717) is 10.7 Å². The van der Waals surface area contributed by atoms with E-state index in [9.17, 15) is 9.18 Å². The molecule has 0 saturated carbocycles. The second-order valence-corrected chi connectivity index (χ2v) is 5.80. The minimum absolute atomic E-state index is 0.0882.